The molecule has 4 heteroatoms. The van der Waals surface area contributed by atoms with Crippen LogP contribution in [0, 0.1) is 11.8 Å². The van der Waals surface area contributed by atoms with E-state index in [1.54, 1.807) is 0 Å². The number of nitrogens with zero attached hydrogens (tertiary/aromatic N) is 1. The zero-order valence-electron chi connectivity index (χ0n) is 7.06. The van der Waals surface area contributed by atoms with E-state index < -0.39 is 5.97 Å². The summed E-state index contributed by atoms with van der Waals surface area (Å²) < 4.78 is 5.26. The average Bonchev–Trinajstić information content (AvgIpc) is 2.53. The van der Waals surface area contributed by atoms with Gasteiger partial charge in [-0.05, 0) is 7.05 Å². The Labute approximate surface area is 71.1 Å². The quantitative estimate of drug-likeness (QED) is 0.585. The molecule has 3 atom stereocenters. The molecule has 0 saturated carbocycles. The van der Waals surface area contributed by atoms with Crippen LogP contribution in [0.5, 0.6) is 0 Å². The number of hydrogen-bond donors (Lipinski definition) is 1. The van der Waals surface area contributed by atoms with Gasteiger partial charge < -0.3 is 9.84 Å². The maximum absolute atomic E-state index is 10.8. The highest BCUT2D eigenvalue weighted by molar-refractivity contribution is 5.71. The molecule has 2 aliphatic rings. The van der Waals surface area contributed by atoms with Crippen LogP contribution in [0.3, 0.4) is 0 Å². The first kappa shape index (κ1) is 8.01. The van der Waals surface area contributed by atoms with E-state index in [0.717, 1.165) is 0 Å². The summed E-state index contributed by atoms with van der Waals surface area (Å²) in [6, 6.07) is 0.339. The van der Waals surface area contributed by atoms with Crippen molar-refractivity contribution >= 4 is 5.97 Å². The Morgan fingerprint density at radius 2 is 2.33 bits per heavy atom. The summed E-state index contributed by atoms with van der Waals surface area (Å²) in [4.78, 5) is 12.9. The lowest BCUT2D eigenvalue weighted by atomic mass is 9.93. The van der Waals surface area contributed by atoms with Crippen LogP contribution in [-0.4, -0.2) is 48.8 Å². The summed E-state index contributed by atoms with van der Waals surface area (Å²) in [6.07, 6.45) is 0. The van der Waals surface area contributed by atoms with E-state index in [4.69, 9.17) is 9.84 Å². The number of fused-ring (bicyclic) bond motifs is 1. The number of hydrogen-bond acceptors (Lipinski definition) is 3. The van der Waals surface area contributed by atoms with Gasteiger partial charge in [-0.1, -0.05) is 0 Å². The fourth-order valence-electron chi connectivity index (χ4n) is 2.24. The molecule has 0 amide bonds. The predicted octanol–water partition coefficient (Wildman–Crippen LogP) is -0.352. The Morgan fingerprint density at radius 1 is 1.58 bits per heavy atom. The Balaban J connectivity index is 2.14. The molecule has 0 aliphatic carbocycles. The van der Waals surface area contributed by atoms with E-state index in [1.807, 2.05) is 7.05 Å². The van der Waals surface area contributed by atoms with Crippen LogP contribution in [0.25, 0.3) is 0 Å². The van der Waals surface area contributed by atoms with Crippen molar-refractivity contribution in [3.05, 3.63) is 0 Å². The van der Waals surface area contributed by atoms with Gasteiger partial charge in [0.05, 0.1) is 19.1 Å². The van der Waals surface area contributed by atoms with Crippen molar-refractivity contribution in [1.82, 2.24) is 4.90 Å². The molecule has 68 valence electrons. The first-order valence-corrected chi connectivity index (χ1v) is 4.21. The zero-order valence-corrected chi connectivity index (χ0v) is 7.06. The fraction of sp³-hybridized carbons (Fsp3) is 0.875. The molecule has 0 spiro atoms. The summed E-state index contributed by atoms with van der Waals surface area (Å²) in [6.45, 7) is 1.99. The first-order chi connectivity index (χ1) is 5.70. The molecule has 0 radical (unpaired) electrons. The molecule has 2 saturated heterocycles. The van der Waals surface area contributed by atoms with Crippen LogP contribution >= 0.6 is 0 Å². The highest BCUT2D eigenvalue weighted by atomic mass is 16.5. The summed E-state index contributed by atoms with van der Waals surface area (Å²) >= 11 is 0. The first-order valence-electron chi connectivity index (χ1n) is 4.21. The van der Waals surface area contributed by atoms with Gasteiger partial charge in [-0.25, -0.2) is 0 Å². The third-order valence-corrected chi connectivity index (χ3v) is 2.98. The van der Waals surface area contributed by atoms with Crippen LogP contribution in [-0.2, 0) is 9.53 Å². The third kappa shape index (κ3) is 1.03. The van der Waals surface area contributed by atoms with Gasteiger partial charge >= 0.3 is 5.97 Å². The molecule has 0 aromatic heterocycles. The molecular weight excluding hydrogens is 158 g/mol. The van der Waals surface area contributed by atoms with Crippen LogP contribution in [0.2, 0.25) is 0 Å². The summed E-state index contributed by atoms with van der Waals surface area (Å²) in [5, 5.41) is 8.90. The van der Waals surface area contributed by atoms with Crippen LogP contribution < -0.4 is 0 Å². The van der Waals surface area contributed by atoms with Gasteiger partial charge in [-0.15, -0.1) is 0 Å². The average molecular weight is 171 g/mol. The van der Waals surface area contributed by atoms with Gasteiger partial charge in [-0.2, -0.15) is 0 Å². The van der Waals surface area contributed by atoms with Crippen LogP contribution in [0.4, 0.5) is 0 Å². The van der Waals surface area contributed by atoms with Gasteiger partial charge in [-0.3, -0.25) is 9.69 Å². The van der Waals surface area contributed by atoms with Crippen LogP contribution in [0.1, 0.15) is 0 Å². The van der Waals surface area contributed by atoms with E-state index in [9.17, 15) is 4.79 Å². The smallest absolute Gasteiger partial charge is 0.308 e. The molecule has 2 fully saturated rings. The standard InChI is InChI=1S/C8H13NO3/c1-9-2-5(8(10)11)6-3-12-4-7(6)9/h5-7H,2-4H2,1H3,(H,10,11). The number of rotatable bonds is 1. The molecule has 0 aromatic rings. The predicted molar refractivity (Wildman–Crippen MR) is 41.9 cm³/mol. The number of likely N-dealkylation sites (N-methyl/N-ethyl adjacent to an activating group) is 1. The van der Waals surface area contributed by atoms with Crippen molar-refractivity contribution in [3.63, 3.8) is 0 Å². The van der Waals surface area contributed by atoms with E-state index in [1.165, 1.54) is 0 Å². The summed E-state index contributed by atoms with van der Waals surface area (Å²) in [5.74, 6) is -0.685. The van der Waals surface area contributed by atoms with Crippen molar-refractivity contribution in [2.75, 3.05) is 26.8 Å². The molecule has 4 nitrogen and oxygen atoms in total. The third-order valence-electron chi connectivity index (χ3n) is 2.98. The van der Waals surface area contributed by atoms with Crippen molar-refractivity contribution in [2.24, 2.45) is 11.8 Å². The van der Waals surface area contributed by atoms with Crippen molar-refractivity contribution in [1.29, 1.82) is 0 Å². The molecule has 2 rings (SSSR count). The van der Waals surface area contributed by atoms with Gasteiger partial charge in [0.1, 0.15) is 0 Å². The largest absolute Gasteiger partial charge is 0.481 e. The minimum Gasteiger partial charge on any atom is -0.481 e. The highest BCUT2D eigenvalue weighted by Crippen LogP contribution is 2.33. The molecule has 2 aliphatic heterocycles. The van der Waals surface area contributed by atoms with Gasteiger partial charge in [0.15, 0.2) is 0 Å². The number of aliphatic carboxylic acids is 1. The lowest BCUT2D eigenvalue weighted by molar-refractivity contribution is -0.142. The minimum absolute atomic E-state index is 0.215. The normalized spacial score (nSPS) is 41.6. The topological polar surface area (TPSA) is 49.8 Å². The number of carboxylic acid groups (broad SMARTS) is 1. The van der Waals surface area contributed by atoms with E-state index in [-0.39, 0.29) is 11.8 Å². The number of carbonyl (C=O) groups is 1. The fourth-order valence-corrected chi connectivity index (χ4v) is 2.24. The van der Waals surface area contributed by atoms with Gasteiger partial charge in [0.25, 0.3) is 0 Å². The van der Waals surface area contributed by atoms with Crippen molar-refractivity contribution in [3.8, 4) is 0 Å². The number of ether oxygens (including phenoxy) is 1. The number of likely N-dealkylation sites (tertiary alicyclic amines) is 1. The Morgan fingerprint density at radius 3 is 3.00 bits per heavy atom. The second kappa shape index (κ2) is 2.71. The Hall–Kier alpha value is -0.610. The second-order valence-electron chi connectivity index (χ2n) is 3.65. The number of carboxylic acids is 1. The molecule has 2 heterocycles. The Bertz CT molecular complexity index is 206. The molecule has 0 bridgehead atoms. The highest BCUT2D eigenvalue weighted by Gasteiger charge is 2.46. The second-order valence-corrected chi connectivity index (χ2v) is 3.65. The minimum atomic E-state index is -0.681. The molecule has 1 N–H and O–H groups in total. The van der Waals surface area contributed by atoms with Crippen molar-refractivity contribution < 1.29 is 14.6 Å². The lowest BCUT2D eigenvalue weighted by Crippen LogP contribution is -2.28. The molecule has 0 aromatic carbocycles. The van der Waals surface area contributed by atoms with E-state index in [2.05, 4.69) is 4.90 Å². The summed E-state index contributed by atoms with van der Waals surface area (Å²) in [7, 11) is 1.97. The molecule has 3 unspecified atom stereocenters. The molecule has 12 heavy (non-hydrogen) atoms. The van der Waals surface area contributed by atoms with Gasteiger partial charge in [0.2, 0.25) is 0 Å². The maximum atomic E-state index is 10.8. The maximum Gasteiger partial charge on any atom is 0.308 e. The summed E-state index contributed by atoms with van der Waals surface area (Å²) in [5.41, 5.74) is 0. The monoisotopic (exact) mass is 171 g/mol. The lowest BCUT2D eigenvalue weighted by Gasteiger charge is -2.14. The SMILES string of the molecule is CN1CC(C(=O)O)C2COCC21. The van der Waals surface area contributed by atoms with Gasteiger partial charge in [0, 0.05) is 18.5 Å². The Kier molecular flexibility index (Phi) is 1.81. The zero-order chi connectivity index (χ0) is 8.72. The van der Waals surface area contributed by atoms with Crippen molar-refractivity contribution in [2.45, 2.75) is 6.04 Å². The van der Waals surface area contributed by atoms with E-state index in [0.29, 0.717) is 25.8 Å². The van der Waals surface area contributed by atoms with Crippen LogP contribution in [0.15, 0.2) is 0 Å². The molecular formula is C8H13NO3. The van der Waals surface area contributed by atoms with E-state index >= 15 is 0 Å².